The van der Waals surface area contributed by atoms with Crippen molar-refractivity contribution in [2.75, 3.05) is 36.9 Å². The number of nitrogens with zero attached hydrogens (tertiary/aromatic N) is 3. The Labute approximate surface area is 109 Å². The number of hydrogen-bond acceptors (Lipinski definition) is 5. The lowest BCUT2D eigenvalue weighted by molar-refractivity contribution is 0.616. The zero-order valence-electron chi connectivity index (χ0n) is 11.5. The Kier molecular flexibility index (Phi) is 4.36. The third-order valence-corrected chi connectivity index (χ3v) is 3.26. The van der Waals surface area contributed by atoms with Gasteiger partial charge in [0.25, 0.3) is 0 Å². The molecule has 0 radical (unpaired) electrons. The van der Waals surface area contributed by atoms with Crippen molar-refractivity contribution in [2.45, 2.75) is 26.3 Å². The normalized spacial score (nSPS) is 19.6. The van der Waals surface area contributed by atoms with Crippen LogP contribution in [0.3, 0.4) is 0 Å². The van der Waals surface area contributed by atoms with Gasteiger partial charge in [0.15, 0.2) is 0 Å². The highest BCUT2D eigenvalue weighted by molar-refractivity contribution is 5.49. The summed E-state index contributed by atoms with van der Waals surface area (Å²) in [5, 5.41) is 6.66. The zero-order valence-corrected chi connectivity index (χ0v) is 11.5. The summed E-state index contributed by atoms with van der Waals surface area (Å²) in [5.41, 5.74) is 0. The second kappa shape index (κ2) is 6.00. The molecule has 0 aliphatic carbocycles. The average Bonchev–Trinajstić information content (AvgIpc) is 2.85. The van der Waals surface area contributed by atoms with Crippen molar-refractivity contribution in [1.82, 2.24) is 15.3 Å². The second-order valence-corrected chi connectivity index (χ2v) is 5.26. The minimum atomic E-state index is 0.576. The van der Waals surface area contributed by atoms with E-state index in [0.29, 0.717) is 12.0 Å². The van der Waals surface area contributed by atoms with Crippen molar-refractivity contribution in [3.63, 3.8) is 0 Å². The maximum Gasteiger partial charge on any atom is 0.134 e. The van der Waals surface area contributed by atoms with Crippen LogP contribution >= 0.6 is 0 Å². The Morgan fingerprint density at radius 2 is 2.28 bits per heavy atom. The minimum absolute atomic E-state index is 0.576. The third kappa shape index (κ3) is 3.32. The van der Waals surface area contributed by atoms with Crippen LogP contribution in [-0.2, 0) is 0 Å². The first kappa shape index (κ1) is 13.1. The molecule has 1 fully saturated rings. The first-order valence-corrected chi connectivity index (χ1v) is 6.67. The Balaban J connectivity index is 1.99. The topological polar surface area (TPSA) is 53.1 Å². The summed E-state index contributed by atoms with van der Waals surface area (Å²) in [6.45, 7) is 7.40. The lowest BCUT2D eigenvalue weighted by Gasteiger charge is -2.18. The minimum Gasteiger partial charge on any atom is -0.370 e. The van der Waals surface area contributed by atoms with Crippen LogP contribution < -0.4 is 15.5 Å². The predicted octanol–water partition coefficient (Wildman–Crippen LogP) is 1.34. The molecular weight excluding hydrogens is 226 g/mol. The summed E-state index contributed by atoms with van der Waals surface area (Å²) in [6, 6.07) is 2.62. The van der Waals surface area contributed by atoms with Crippen LogP contribution in [0.25, 0.3) is 0 Å². The first-order valence-electron chi connectivity index (χ1n) is 6.67. The Morgan fingerprint density at radius 3 is 2.94 bits per heavy atom. The standard InChI is InChI=1S/C13H23N5/c1-10(2)7-15-12-6-13(17-9-16-12)18-5-4-11(8-18)14-3/h6,9-11,14H,4-5,7-8H2,1-3H3,(H,15,16,17)/t11-/m1/s1. The molecule has 1 aliphatic rings. The lowest BCUT2D eigenvalue weighted by Crippen LogP contribution is -2.29. The highest BCUT2D eigenvalue weighted by atomic mass is 15.2. The summed E-state index contributed by atoms with van der Waals surface area (Å²) in [5.74, 6) is 2.56. The fourth-order valence-electron chi connectivity index (χ4n) is 2.13. The van der Waals surface area contributed by atoms with Gasteiger partial charge in [-0.25, -0.2) is 9.97 Å². The van der Waals surface area contributed by atoms with Crippen LogP contribution in [0.4, 0.5) is 11.6 Å². The number of nitrogens with one attached hydrogen (secondary N) is 2. The molecule has 0 unspecified atom stereocenters. The summed E-state index contributed by atoms with van der Waals surface area (Å²) in [6.07, 6.45) is 2.82. The monoisotopic (exact) mass is 249 g/mol. The van der Waals surface area contributed by atoms with E-state index in [1.807, 2.05) is 13.1 Å². The van der Waals surface area contributed by atoms with Gasteiger partial charge in [-0.1, -0.05) is 13.8 Å². The molecule has 0 amide bonds. The highest BCUT2D eigenvalue weighted by Gasteiger charge is 2.22. The quantitative estimate of drug-likeness (QED) is 0.825. The second-order valence-electron chi connectivity index (χ2n) is 5.26. The van der Waals surface area contributed by atoms with Gasteiger partial charge in [0.2, 0.25) is 0 Å². The van der Waals surface area contributed by atoms with E-state index >= 15 is 0 Å². The Morgan fingerprint density at radius 1 is 1.44 bits per heavy atom. The van der Waals surface area contributed by atoms with Gasteiger partial charge in [-0.15, -0.1) is 0 Å². The molecule has 5 nitrogen and oxygen atoms in total. The number of rotatable bonds is 5. The molecule has 18 heavy (non-hydrogen) atoms. The fraction of sp³-hybridized carbons (Fsp3) is 0.692. The first-order chi connectivity index (χ1) is 8.69. The molecule has 1 saturated heterocycles. The van der Waals surface area contributed by atoms with Crippen LogP contribution in [-0.4, -0.2) is 42.7 Å². The number of hydrogen-bond donors (Lipinski definition) is 2. The lowest BCUT2D eigenvalue weighted by atomic mass is 10.2. The van der Waals surface area contributed by atoms with E-state index < -0.39 is 0 Å². The molecule has 1 aromatic rings. The van der Waals surface area contributed by atoms with E-state index in [4.69, 9.17) is 0 Å². The molecule has 1 aliphatic heterocycles. The van der Waals surface area contributed by atoms with E-state index in [9.17, 15) is 0 Å². The maximum absolute atomic E-state index is 4.36. The van der Waals surface area contributed by atoms with Gasteiger partial charge in [-0.3, -0.25) is 0 Å². The average molecular weight is 249 g/mol. The third-order valence-electron chi connectivity index (χ3n) is 3.26. The van der Waals surface area contributed by atoms with Gasteiger partial charge in [0, 0.05) is 31.7 Å². The van der Waals surface area contributed by atoms with Crippen LogP contribution in [0.5, 0.6) is 0 Å². The molecule has 0 spiro atoms. The van der Waals surface area contributed by atoms with Crippen molar-refractivity contribution >= 4 is 11.6 Å². The molecule has 0 bridgehead atoms. The van der Waals surface area contributed by atoms with Crippen molar-refractivity contribution in [3.8, 4) is 0 Å². The fourth-order valence-corrected chi connectivity index (χ4v) is 2.13. The number of anilines is 2. The molecule has 2 heterocycles. The largest absolute Gasteiger partial charge is 0.370 e. The van der Waals surface area contributed by atoms with Crippen LogP contribution in [0.2, 0.25) is 0 Å². The van der Waals surface area contributed by atoms with Crippen molar-refractivity contribution < 1.29 is 0 Å². The molecule has 5 heteroatoms. The molecule has 0 saturated carbocycles. The Hall–Kier alpha value is -1.36. The van der Waals surface area contributed by atoms with E-state index in [1.54, 1.807) is 6.33 Å². The molecule has 0 aromatic carbocycles. The highest BCUT2D eigenvalue weighted by Crippen LogP contribution is 2.19. The molecule has 1 aromatic heterocycles. The SMILES string of the molecule is CN[C@@H]1CCN(c2cc(NCC(C)C)ncn2)C1. The molecule has 2 rings (SSSR count). The van der Waals surface area contributed by atoms with Gasteiger partial charge >= 0.3 is 0 Å². The van der Waals surface area contributed by atoms with Crippen LogP contribution in [0, 0.1) is 5.92 Å². The van der Waals surface area contributed by atoms with Crippen molar-refractivity contribution in [1.29, 1.82) is 0 Å². The van der Waals surface area contributed by atoms with E-state index in [2.05, 4.69) is 39.3 Å². The molecule has 1 atom stereocenters. The Bertz CT molecular complexity index is 379. The molecule has 2 N–H and O–H groups in total. The van der Waals surface area contributed by atoms with Gasteiger partial charge in [0.1, 0.15) is 18.0 Å². The summed E-state index contributed by atoms with van der Waals surface area (Å²) < 4.78 is 0. The van der Waals surface area contributed by atoms with E-state index in [-0.39, 0.29) is 0 Å². The summed E-state index contributed by atoms with van der Waals surface area (Å²) in [4.78, 5) is 10.9. The number of aromatic nitrogens is 2. The molecular formula is C13H23N5. The van der Waals surface area contributed by atoms with Gasteiger partial charge in [0.05, 0.1) is 0 Å². The van der Waals surface area contributed by atoms with Gasteiger partial charge in [-0.05, 0) is 19.4 Å². The zero-order chi connectivity index (χ0) is 13.0. The van der Waals surface area contributed by atoms with Gasteiger partial charge in [-0.2, -0.15) is 0 Å². The predicted molar refractivity (Wildman–Crippen MR) is 75.0 cm³/mol. The van der Waals surface area contributed by atoms with E-state index in [0.717, 1.165) is 31.3 Å². The molecule has 100 valence electrons. The van der Waals surface area contributed by atoms with E-state index in [1.165, 1.54) is 6.42 Å². The van der Waals surface area contributed by atoms with Crippen LogP contribution in [0.15, 0.2) is 12.4 Å². The summed E-state index contributed by atoms with van der Waals surface area (Å²) >= 11 is 0. The van der Waals surface area contributed by atoms with Crippen LogP contribution in [0.1, 0.15) is 20.3 Å². The van der Waals surface area contributed by atoms with Gasteiger partial charge < -0.3 is 15.5 Å². The number of likely N-dealkylation sites (N-methyl/N-ethyl adjacent to an activating group) is 1. The van der Waals surface area contributed by atoms with Crippen molar-refractivity contribution in [3.05, 3.63) is 12.4 Å². The van der Waals surface area contributed by atoms with Crippen molar-refractivity contribution in [2.24, 2.45) is 5.92 Å². The smallest absolute Gasteiger partial charge is 0.134 e. The maximum atomic E-state index is 4.36. The summed E-state index contributed by atoms with van der Waals surface area (Å²) in [7, 11) is 2.02.